The van der Waals surface area contributed by atoms with Gasteiger partial charge in [0.2, 0.25) is 0 Å². The summed E-state index contributed by atoms with van der Waals surface area (Å²) in [5.74, 6) is -1.30. The van der Waals surface area contributed by atoms with Crippen LogP contribution >= 0.6 is 11.3 Å². The summed E-state index contributed by atoms with van der Waals surface area (Å²) in [5.41, 5.74) is 8.83. The molecule has 8 heteroatoms. The number of ether oxygens (including phenoxy) is 1. The average Bonchev–Trinajstić information content (AvgIpc) is 3.28. The fraction of sp³-hybridized carbons (Fsp3) is 0.217. The van der Waals surface area contributed by atoms with Crippen LogP contribution in [0.5, 0.6) is 0 Å². The number of methoxy groups -OCH3 is 1. The van der Waals surface area contributed by atoms with Crippen LogP contribution in [0.3, 0.4) is 0 Å². The van der Waals surface area contributed by atoms with E-state index in [0.717, 1.165) is 16.7 Å². The maximum absolute atomic E-state index is 12.8. The summed E-state index contributed by atoms with van der Waals surface area (Å²) in [6.45, 7) is 1.78. The minimum atomic E-state index is -0.589. The van der Waals surface area contributed by atoms with Gasteiger partial charge in [-0.15, -0.1) is 11.3 Å². The summed E-state index contributed by atoms with van der Waals surface area (Å²) in [7, 11) is 1.33. The number of nitrogens with two attached hydrogens (primary N) is 1. The lowest BCUT2D eigenvalue weighted by Gasteiger charge is -2.23. The zero-order chi connectivity index (χ0) is 22.4. The number of hydrogen-bond donors (Lipinski definition) is 3. The molecule has 0 fully saturated rings. The van der Waals surface area contributed by atoms with E-state index in [-0.39, 0.29) is 11.7 Å². The van der Waals surface area contributed by atoms with Crippen molar-refractivity contribution in [1.29, 1.82) is 5.41 Å². The number of nitrogens with zero attached hydrogens (tertiary/aromatic N) is 1. The molecule has 2 aromatic heterocycles. The molecular formula is C23H24N4O3S. The van der Waals surface area contributed by atoms with Crippen molar-refractivity contribution < 1.29 is 14.3 Å². The Hall–Kier alpha value is -3.52. The Morgan fingerprint density at radius 3 is 2.71 bits per heavy atom. The number of esters is 1. The average molecular weight is 437 g/mol. The van der Waals surface area contributed by atoms with E-state index in [1.165, 1.54) is 18.4 Å². The first kappa shape index (κ1) is 22.2. The summed E-state index contributed by atoms with van der Waals surface area (Å²) in [6.07, 6.45) is 3.79. The van der Waals surface area contributed by atoms with Gasteiger partial charge >= 0.3 is 5.97 Å². The number of amidine groups is 1. The van der Waals surface area contributed by atoms with Gasteiger partial charge in [-0.25, -0.2) is 0 Å². The van der Waals surface area contributed by atoms with Gasteiger partial charge in [0, 0.05) is 29.6 Å². The SMILES string of the molecule is COC(=O)C(Cc1cccc(C(=N)N)c1)C(C)NC(=O)c1cc(-c2cccnc2)cs1. The summed E-state index contributed by atoms with van der Waals surface area (Å²) >= 11 is 1.34. The van der Waals surface area contributed by atoms with Gasteiger partial charge in [0.25, 0.3) is 5.91 Å². The third-order valence-corrected chi connectivity index (χ3v) is 5.91. The molecule has 160 valence electrons. The number of carbonyl (C=O) groups excluding carboxylic acids is 2. The standard InChI is InChI=1S/C23H24N4O3S/c1-14(19(23(29)30-2)10-15-5-3-6-16(9-15)21(24)25)27-22(28)20-11-18(13-31-20)17-7-4-8-26-12-17/h3-9,11-14,19H,10H2,1-2H3,(H3,24,25)(H,27,28). The predicted octanol–water partition coefficient (Wildman–Crippen LogP) is 3.24. The Bertz CT molecular complexity index is 1080. The lowest BCUT2D eigenvalue weighted by Crippen LogP contribution is -2.42. The predicted molar refractivity (Wildman–Crippen MR) is 121 cm³/mol. The van der Waals surface area contributed by atoms with Gasteiger partial charge in [-0.1, -0.05) is 24.3 Å². The van der Waals surface area contributed by atoms with Crippen molar-refractivity contribution in [2.24, 2.45) is 11.7 Å². The minimum absolute atomic E-state index is 0.0417. The fourth-order valence-corrected chi connectivity index (χ4v) is 4.07. The molecule has 3 aromatic rings. The first-order chi connectivity index (χ1) is 14.9. The van der Waals surface area contributed by atoms with Crippen LogP contribution in [-0.2, 0) is 16.0 Å². The van der Waals surface area contributed by atoms with E-state index in [9.17, 15) is 9.59 Å². The molecule has 0 saturated heterocycles. The molecule has 4 N–H and O–H groups in total. The molecule has 31 heavy (non-hydrogen) atoms. The highest BCUT2D eigenvalue weighted by Crippen LogP contribution is 2.25. The third-order valence-electron chi connectivity index (χ3n) is 4.98. The monoisotopic (exact) mass is 436 g/mol. The molecule has 2 heterocycles. The van der Waals surface area contributed by atoms with E-state index in [4.69, 9.17) is 15.9 Å². The van der Waals surface area contributed by atoms with Crippen LogP contribution in [0.4, 0.5) is 0 Å². The summed E-state index contributed by atoms with van der Waals surface area (Å²) in [5, 5.41) is 12.4. The van der Waals surface area contributed by atoms with Crippen LogP contribution in [0.2, 0.25) is 0 Å². The second-order valence-corrected chi connectivity index (χ2v) is 8.06. The molecule has 0 saturated carbocycles. The van der Waals surface area contributed by atoms with Crippen LogP contribution in [-0.4, -0.2) is 35.8 Å². The Morgan fingerprint density at radius 2 is 2.03 bits per heavy atom. The topological polar surface area (TPSA) is 118 Å². The molecule has 7 nitrogen and oxygen atoms in total. The number of amides is 1. The smallest absolute Gasteiger partial charge is 0.311 e. The van der Waals surface area contributed by atoms with E-state index in [1.54, 1.807) is 37.5 Å². The van der Waals surface area contributed by atoms with E-state index in [1.807, 2.05) is 29.6 Å². The highest BCUT2D eigenvalue weighted by atomic mass is 32.1. The summed E-state index contributed by atoms with van der Waals surface area (Å²) in [4.78, 5) is 29.9. The van der Waals surface area contributed by atoms with Crippen molar-refractivity contribution in [1.82, 2.24) is 10.3 Å². The Morgan fingerprint density at radius 1 is 1.23 bits per heavy atom. The van der Waals surface area contributed by atoms with Gasteiger partial charge in [-0.3, -0.25) is 20.0 Å². The number of benzene rings is 1. The van der Waals surface area contributed by atoms with Gasteiger partial charge in [0.15, 0.2) is 0 Å². The van der Waals surface area contributed by atoms with E-state index < -0.39 is 17.9 Å². The number of aromatic nitrogens is 1. The second kappa shape index (κ2) is 9.99. The van der Waals surface area contributed by atoms with Gasteiger partial charge in [0.05, 0.1) is 17.9 Å². The molecule has 2 atom stereocenters. The summed E-state index contributed by atoms with van der Waals surface area (Å²) < 4.78 is 4.97. The van der Waals surface area contributed by atoms with Crippen molar-refractivity contribution in [3.8, 4) is 11.1 Å². The first-order valence-electron chi connectivity index (χ1n) is 9.70. The number of carbonyl (C=O) groups is 2. The van der Waals surface area contributed by atoms with Crippen LogP contribution in [0.15, 0.2) is 60.2 Å². The summed E-state index contributed by atoms with van der Waals surface area (Å²) in [6, 6.07) is 12.3. The van der Waals surface area contributed by atoms with Crippen molar-refractivity contribution >= 4 is 29.0 Å². The fourth-order valence-electron chi connectivity index (χ4n) is 3.25. The minimum Gasteiger partial charge on any atom is -0.469 e. The van der Waals surface area contributed by atoms with Gasteiger partial charge in [-0.05, 0) is 48.1 Å². The highest BCUT2D eigenvalue weighted by Gasteiger charge is 2.28. The van der Waals surface area contributed by atoms with E-state index in [2.05, 4.69) is 10.3 Å². The zero-order valence-corrected chi connectivity index (χ0v) is 18.1. The highest BCUT2D eigenvalue weighted by molar-refractivity contribution is 7.12. The quantitative estimate of drug-likeness (QED) is 0.285. The molecule has 3 rings (SSSR count). The normalized spacial score (nSPS) is 12.6. The van der Waals surface area contributed by atoms with Crippen molar-refractivity contribution in [2.45, 2.75) is 19.4 Å². The van der Waals surface area contributed by atoms with Crippen molar-refractivity contribution in [2.75, 3.05) is 7.11 Å². The maximum atomic E-state index is 12.8. The van der Waals surface area contributed by atoms with Crippen LogP contribution in [0.25, 0.3) is 11.1 Å². The number of rotatable bonds is 8. The second-order valence-electron chi connectivity index (χ2n) is 7.15. The number of nitrogens with one attached hydrogen (secondary N) is 2. The van der Waals surface area contributed by atoms with Crippen LogP contribution in [0.1, 0.15) is 27.7 Å². The molecule has 0 radical (unpaired) electrons. The number of pyridine rings is 1. The molecular weight excluding hydrogens is 412 g/mol. The van der Waals surface area contributed by atoms with Gasteiger partial charge in [0.1, 0.15) is 5.84 Å². The molecule has 1 aromatic carbocycles. The van der Waals surface area contributed by atoms with E-state index in [0.29, 0.717) is 16.9 Å². The Labute approximate surface area is 184 Å². The molecule has 2 unspecified atom stereocenters. The Balaban J connectivity index is 1.73. The Kier molecular flexibility index (Phi) is 7.15. The molecule has 0 spiro atoms. The number of nitrogen functional groups attached to an aromatic ring is 1. The molecule has 0 bridgehead atoms. The van der Waals surface area contributed by atoms with Gasteiger partial charge < -0.3 is 15.8 Å². The van der Waals surface area contributed by atoms with Crippen LogP contribution < -0.4 is 11.1 Å². The maximum Gasteiger partial charge on any atom is 0.311 e. The van der Waals surface area contributed by atoms with Crippen molar-refractivity contribution in [3.05, 3.63) is 76.2 Å². The molecule has 0 aliphatic heterocycles. The number of thiophene rings is 1. The lowest BCUT2D eigenvalue weighted by molar-refractivity contribution is -0.146. The molecule has 1 amide bonds. The van der Waals surface area contributed by atoms with Crippen molar-refractivity contribution in [3.63, 3.8) is 0 Å². The van der Waals surface area contributed by atoms with Gasteiger partial charge in [-0.2, -0.15) is 0 Å². The van der Waals surface area contributed by atoms with E-state index >= 15 is 0 Å². The lowest BCUT2D eigenvalue weighted by atomic mass is 9.92. The third kappa shape index (κ3) is 5.55. The number of hydrogen-bond acceptors (Lipinski definition) is 6. The molecule has 0 aliphatic carbocycles. The largest absolute Gasteiger partial charge is 0.469 e. The van der Waals surface area contributed by atoms with Crippen LogP contribution in [0, 0.1) is 11.3 Å². The molecule has 0 aliphatic rings. The zero-order valence-electron chi connectivity index (χ0n) is 17.3. The first-order valence-corrected chi connectivity index (χ1v) is 10.6.